The average molecular weight is 236 g/mol. The van der Waals surface area contributed by atoms with Crippen LogP contribution < -0.4 is 0 Å². The SMILES string of the molecule is Cc1ccc(C=C2Cc3ccccc3C2O)cc1. The van der Waals surface area contributed by atoms with E-state index in [1.807, 2.05) is 18.2 Å². The standard InChI is InChI=1S/C17H16O/c1-12-6-8-13(9-7-12)10-15-11-14-4-2-3-5-16(14)17(15)18/h2-10,17-18H,11H2,1H3. The van der Waals surface area contributed by atoms with E-state index in [1.165, 1.54) is 11.1 Å². The van der Waals surface area contributed by atoms with Crippen molar-refractivity contribution in [2.75, 3.05) is 0 Å². The summed E-state index contributed by atoms with van der Waals surface area (Å²) in [5.41, 5.74) is 5.79. The first-order valence-electron chi connectivity index (χ1n) is 6.27. The number of aryl methyl sites for hydroxylation is 1. The van der Waals surface area contributed by atoms with E-state index < -0.39 is 6.10 Å². The van der Waals surface area contributed by atoms with Gasteiger partial charge in [0.05, 0.1) is 0 Å². The fraction of sp³-hybridized carbons (Fsp3) is 0.176. The fourth-order valence-electron chi connectivity index (χ4n) is 2.48. The van der Waals surface area contributed by atoms with Crippen molar-refractivity contribution in [1.82, 2.24) is 0 Å². The Morgan fingerprint density at radius 2 is 1.78 bits per heavy atom. The molecule has 0 aromatic heterocycles. The number of hydrogen-bond acceptors (Lipinski definition) is 1. The summed E-state index contributed by atoms with van der Waals surface area (Å²) in [5, 5.41) is 10.3. The van der Waals surface area contributed by atoms with E-state index in [1.54, 1.807) is 0 Å². The Bertz CT molecular complexity index is 593. The number of benzene rings is 2. The molecule has 0 spiro atoms. The minimum absolute atomic E-state index is 0.442. The first kappa shape index (κ1) is 11.2. The molecule has 1 nitrogen and oxygen atoms in total. The first-order chi connectivity index (χ1) is 8.74. The van der Waals surface area contributed by atoms with Gasteiger partial charge in [-0.25, -0.2) is 0 Å². The number of hydrogen-bond donors (Lipinski definition) is 1. The molecular weight excluding hydrogens is 220 g/mol. The van der Waals surface area contributed by atoms with Gasteiger partial charge in [-0.15, -0.1) is 0 Å². The van der Waals surface area contributed by atoms with E-state index in [9.17, 15) is 5.11 Å². The second kappa shape index (κ2) is 4.43. The summed E-state index contributed by atoms with van der Waals surface area (Å²) in [6, 6.07) is 16.5. The summed E-state index contributed by atoms with van der Waals surface area (Å²) >= 11 is 0. The summed E-state index contributed by atoms with van der Waals surface area (Å²) in [4.78, 5) is 0. The zero-order valence-electron chi connectivity index (χ0n) is 10.4. The predicted octanol–water partition coefficient (Wildman–Crippen LogP) is 3.67. The van der Waals surface area contributed by atoms with Gasteiger partial charge in [-0.2, -0.15) is 0 Å². The third-order valence-electron chi connectivity index (χ3n) is 3.52. The van der Waals surface area contributed by atoms with Crippen LogP contribution >= 0.6 is 0 Å². The van der Waals surface area contributed by atoms with Crippen molar-refractivity contribution in [3.63, 3.8) is 0 Å². The van der Waals surface area contributed by atoms with Gasteiger partial charge >= 0.3 is 0 Å². The molecule has 0 aliphatic heterocycles. The summed E-state index contributed by atoms with van der Waals surface area (Å²) < 4.78 is 0. The maximum atomic E-state index is 10.3. The summed E-state index contributed by atoms with van der Waals surface area (Å²) in [6.45, 7) is 2.08. The summed E-state index contributed by atoms with van der Waals surface area (Å²) in [7, 11) is 0. The molecule has 0 heterocycles. The molecule has 1 atom stereocenters. The molecule has 0 saturated carbocycles. The van der Waals surface area contributed by atoms with Gasteiger partial charge in [-0.3, -0.25) is 0 Å². The van der Waals surface area contributed by atoms with Crippen molar-refractivity contribution < 1.29 is 5.11 Å². The number of aliphatic hydroxyl groups excluding tert-OH is 1. The zero-order chi connectivity index (χ0) is 12.5. The topological polar surface area (TPSA) is 20.2 Å². The highest BCUT2D eigenvalue weighted by molar-refractivity contribution is 5.59. The molecule has 1 aliphatic carbocycles. The molecule has 0 radical (unpaired) electrons. The van der Waals surface area contributed by atoms with Crippen molar-refractivity contribution in [3.8, 4) is 0 Å². The minimum atomic E-state index is -0.442. The fourth-order valence-corrected chi connectivity index (χ4v) is 2.48. The van der Waals surface area contributed by atoms with Gasteiger partial charge in [0.1, 0.15) is 6.10 Å². The van der Waals surface area contributed by atoms with Crippen LogP contribution in [0.1, 0.15) is 28.4 Å². The third kappa shape index (κ3) is 1.98. The van der Waals surface area contributed by atoms with Crippen LogP contribution in [-0.2, 0) is 6.42 Å². The molecule has 0 saturated heterocycles. The quantitative estimate of drug-likeness (QED) is 0.801. The Hall–Kier alpha value is -1.86. The lowest BCUT2D eigenvalue weighted by atomic mass is 10.1. The van der Waals surface area contributed by atoms with E-state index in [-0.39, 0.29) is 0 Å². The molecule has 18 heavy (non-hydrogen) atoms. The van der Waals surface area contributed by atoms with Crippen LogP contribution in [0, 0.1) is 6.92 Å². The number of fused-ring (bicyclic) bond motifs is 1. The molecule has 3 rings (SSSR count). The molecule has 1 aliphatic rings. The summed E-state index contributed by atoms with van der Waals surface area (Å²) in [5.74, 6) is 0. The lowest BCUT2D eigenvalue weighted by molar-refractivity contribution is 0.222. The number of aliphatic hydroxyl groups is 1. The molecule has 1 unspecified atom stereocenters. The molecule has 2 aromatic rings. The van der Waals surface area contributed by atoms with Crippen LogP contribution in [0.25, 0.3) is 6.08 Å². The Balaban J connectivity index is 1.94. The third-order valence-corrected chi connectivity index (χ3v) is 3.52. The largest absolute Gasteiger partial charge is 0.384 e. The minimum Gasteiger partial charge on any atom is -0.384 e. The second-order valence-corrected chi connectivity index (χ2v) is 4.91. The van der Waals surface area contributed by atoms with Crippen LogP contribution in [0.4, 0.5) is 0 Å². The molecular formula is C17H16O. The molecule has 2 aromatic carbocycles. The van der Waals surface area contributed by atoms with Crippen molar-refractivity contribution in [2.45, 2.75) is 19.4 Å². The molecule has 90 valence electrons. The lowest BCUT2D eigenvalue weighted by Crippen LogP contribution is -1.93. The van der Waals surface area contributed by atoms with Gasteiger partial charge in [0.2, 0.25) is 0 Å². The highest BCUT2D eigenvalue weighted by Crippen LogP contribution is 2.36. The first-order valence-corrected chi connectivity index (χ1v) is 6.27. The van der Waals surface area contributed by atoms with Crippen LogP contribution in [-0.4, -0.2) is 5.11 Å². The van der Waals surface area contributed by atoms with E-state index in [0.29, 0.717) is 0 Å². The predicted molar refractivity (Wildman–Crippen MR) is 74.3 cm³/mol. The molecule has 0 bridgehead atoms. The molecule has 0 amide bonds. The lowest BCUT2D eigenvalue weighted by Gasteiger charge is -2.06. The van der Waals surface area contributed by atoms with Crippen molar-refractivity contribution in [1.29, 1.82) is 0 Å². The Morgan fingerprint density at radius 3 is 2.50 bits per heavy atom. The average Bonchev–Trinajstić information content (AvgIpc) is 2.70. The van der Waals surface area contributed by atoms with Crippen LogP contribution in [0.5, 0.6) is 0 Å². The Morgan fingerprint density at radius 1 is 1.06 bits per heavy atom. The van der Waals surface area contributed by atoms with Gasteiger partial charge in [-0.1, -0.05) is 60.2 Å². The maximum absolute atomic E-state index is 10.3. The van der Waals surface area contributed by atoms with Crippen LogP contribution in [0.2, 0.25) is 0 Å². The van der Waals surface area contributed by atoms with Crippen LogP contribution in [0.15, 0.2) is 54.1 Å². The molecule has 1 N–H and O–H groups in total. The van der Waals surface area contributed by atoms with Gasteiger partial charge in [-0.05, 0) is 35.6 Å². The molecule has 1 heteroatoms. The van der Waals surface area contributed by atoms with Gasteiger partial charge in [0.15, 0.2) is 0 Å². The highest BCUT2D eigenvalue weighted by Gasteiger charge is 2.24. The smallest absolute Gasteiger partial charge is 0.101 e. The van der Waals surface area contributed by atoms with E-state index >= 15 is 0 Å². The summed E-state index contributed by atoms with van der Waals surface area (Å²) in [6.07, 6.45) is 2.51. The normalized spacial score (nSPS) is 20.1. The van der Waals surface area contributed by atoms with Gasteiger partial charge in [0, 0.05) is 0 Å². The van der Waals surface area contributed by atoms with Gasteiger partial charge < -0.3 is 5.11 Å². The van der Waals surface area contributed by atoms with E-state index in [4.69, 9.17) is 0 Å². The zero-order valence-corrected chi connectivity index (χ0v) is 10.4. The van der Waals surface area contributed by atoms with Crippen LogP contribution in [0.3, 0.4) is 0 Å². The molecule has 0 fully saturated rings. The monoisotopic (exact) mass is 236 g/mol. The maximum Gasteiger partial charge on any atom is 0.101 e. The van der Waals surface area contributed by atoms with Gasteiger partial charge in [0.25, 0.3) is 0 Å². The van der Waals surface area contributed by atoms with Crippen molar-refractivity contribution in [2.24, 2.45) is 0 Å². The Kier molecular flexibility index (Phi) is 2.77. The van der Waals surface area contributed by atoms with E-state index in [2.05, 4.69) is 43.3 Å². The Labute approximate surface area is 107 Å². The second-order valence-electron chi connectivity index (χ2n) is 4.91. The van der Waals surface area contributed by atoms with Crippen molar-refractivity contribution >= 4 is 6.08 Å². The van der Waals surface area contributed by atoms with E-state index in [0.717, 1.165) is 23.1 Å². The number of rotatable bonds is 1. The highest BCUT2D eigenvalue weighted by atomic mass is 16.3. The van der Waals surface area contributed by atoms with Crippen molar-refractivity contribution in [3.05, 3.63) is 76.4 Å².